The predicted octanol–water partition coefficient (Wildman–Crippen LogP) is 2.34. The van der Waals surface area contributed by atoms with Gasteiger partial charge in [0.2, 0.25) is 0 Å². The van der Waals surface area contributed by atoms with E-state index in [9.17, 15) is 0 Å². The molecule has 0 aliphatic carbocycles. The number of ether oxygens (including phenoxy) is 2. The van der Waals surface area contributed by atoms with Gasteiger partial charge in [-0.25, -0.2) is 0 Å². The third-order valence-corrected chi connectivity index (χ3v) is 4.23. The van der Waals surface area contributed by atoms with Crippen molar-refractivity contribution in [2.24, 2.45) is 10.9 Å². The van der Waals surface area contributed by atoms with E-state index in [4.69, 9.17) is 9.47 Å². The molecule has 2 rings (SSSR count). The van der Waals surface area contributed by atoms with Crippen molar-refractivity contribution < 1.29 is 9.47 Å². The zero-order valence-corrected chi connectivity index (χ0v) is 18.5. The number of aliphatic imine (C=N–C) groups is 1. The van der Waals surface area contributed by atoms with E-state index in [1.54, 1.807) is 7.05 Å². The Hall–Kier alpha value is -1.06. The van der Waals surface area contributed by atoms with Crippen LogP contribution in [0, 0.1) is 5.92 Å². The van der Waals surface area contributed by atoms with Crippen LogP contribution in [-0.2, 0) is 11.3 Å². The minimum atomic E-state index is 0. The maximum atomic E-state index is 5.67. The van der Waals surface area contributed by atoms with Crippen molar-refractivity contribution in [2.45, 2.75) is 20.4 Å². The highest BCUT2D eigenvalue weighted by atomic mass is 127. The molecule has 0 aromatic heterocycles. The first-order valence-electron chi connectivity index (χ1n) is 9.18. The molecule has 2 N–H and O–H groups in total. The normalized spacial score (nSPS) is 16.5. The minimum Gasteiger partial charge on any atom is -0.494 e. The molecular formula is C19H33IN4O2. The maximum absolute atomic E-state index is 5.67. The molecular weight excluding hydrogens is 443 g/mol. The number of halogens is 1. The van der Waals surface area contributed by atoms with E-state index in [-0.39, 0.29) is 24.0 Å². The van der Waals surface area contributed by atoms with E-state index in [1.807, 2.05) is 25.1 Å². The summed E-state index contributed by atoms with van der Waals surface area (Å²) < 4.78 is 11.1. The van der Waals surface area contributed by atoms with E-state index in [0.29, 0.717) is 19.1 Å². The summed E-state index contributed by atoms with van der Waals surface area (Å²) in [5.41, 5.74) is 1.13. The lowest BCUT2D eigenvalue weighted by Gasteiger charge is -2.29. The number of nitrogens with one attached hydrogen (secondary N) is 2. The maximum Gasteiger partial charge on any atom is 0.191 e. The lowest BCUT2D eigenvalue weighted by atomic mass is 10.1. The number of rotatable bonds is 8. The second-order valence-electron chi connectivity index (χ2n) is 6.37. The van der Waals surface area contributed by atoms with Gasteiger partial charge in [0, 0.05) is 45.3 Å². The second-order valence-corrected chi connectivity index (χ2v) is 6.37. The molecule has 6 nitrogen and oxygen atoms in total. The summed E-state index contributed by atoms with van der Waals surface area (Å²) in [7, 11) is 1.80. The molecule has 1 atom stereocenters. The third kappa shape index (κ3) is 8.09. The second kappa shape index (κ2) is 13.2. The first kappa shape index (κ1) is 23.0. The fourth-order valence-corrected chi connectivity index (χ4v) is 2.91. The molecule has 0 bridgehead atoms. The summed E-state index contributed by atoms with van der Waals surface area (Å²) in [6.45, 7) is 11.4. The van der Waals surface area contributed by atoms with Crippen LogP contribution in [0.5, 0.6) is 5.75 Å². The number of benzene rings is 1. The summed E-state index contributed by atoms with van der Waals surface area (Å²) >= 11 is 0. The van der Waals surface area contributed by atoms with Gasteiger partial charge in [0.15, 0.2) is 5.96 Å². The van der Waals surface area contributed by atoms with Crippen molar-refractivity contribution >= 4 is 29.9 Å². The summed E-state index contributed by atoms with van der Waals surface area (Å²) in [4.78, 5) is 6.78. The molecule has 26 heavy (non-hydrogen) atoms. The van der Waals surface area contributed by atoms with Crippen molar-refractivity contribution in [3.05, 3.63) is 29.8 Å². The zero-order valence-electron chi connectivity index (χ0n) is 16.2. The Morgan fingerprint density at radius 3 is 2.69 bits per heavy atom. The van der Waals surface area contributed by atoms with Gasteiger partial charge in [-0.05, 0) is 18.9 Å². The van der Waals surface area contributed by atoms with Gasteiger partial charge in [-0.1, -0.05) is 25.1 Å². The van der Waals surface area contributed by atoms with Crippen LogP contribution in [0.2, 0.25) is 0 Å². The molecule has 1 aliphatic rings. The molecule has 0 radical (unpaired) electrons. The average molecular weight is 476 g/mol. The van der Waals surface area contributed by atoms with E-state index in [1.165, 1.54) is 0 Å². The van der Waals surface area contributed by atoms with Gasteiger partial charge in [-0.2, -0.15) is 0 Å². The van der Waals surface area contributed by atoms with Gasteiger partial charge >= 0.3 is 0 Å². The molecule has 1 aromatic carbocycles. The zero-order chi connectivity index (χ0) is 17.9. The summed E-state index contributed by atoms with van der Waals surface area (Å²) in [6, 6.07) is 8.10. The third-order valence-electron chi connectivity index (χ3n) is 4.23. The number of para-hydroxylation sites is 1. The molecule has 1 fully saturated rings. The average Bonchev–Trinajstić information content (AvgIpc) is 2.64. The van der Waals surface area contributed by atoms with Crippen LogP contribution in [0.15, 0.2) is 29.3 Å². The first-order chi connectivity index (χ1) is 12.2. The molecule has 0 amide bonds. The summed E-state index contributed by atoms with van der Waals surface area (Å²) in [5.74, 6) is 2.29. The topological polar surface area (TPSA) is 58.1 Å². The SMILES string of the molecule is CCOc1ccccc1CNC(=NC)NCC(C)CN1CCOCC1.I. The quantitative estimate of drug-likeness (QED) is 0.343. The van der Waals surface area contributed by atoms with Crippen molar-refractivity contribution in [3.8, 4) is 5.75 Å². The van der Waals surface area contributed by atoms with E-state index < -0.39 is 0 Å². The predicted molar refractivity (Wildman–Crippen MR) is 118 cm³/mol. The van der Waals surface area contributed by atoms with Crippen molar-refractivity contribution in [2.75, 3.05) is 53.0 Å². The Kier molecular flexibility index (Phi) is 11.6. The summed E-state index contributed by atoms with van der Waals surface area (Å²) in [6.07, 6.45) is 0. The van der Waals surface area contributed by atoms with E-state index >= 15 is 0 Å². The van der Waals surface area contributed by atoms with Crippen LogP contribution < -0.4 is 15.4 Å². The van der Waals surface area contributed by atoms with Crippen LogP contribution >= 0.6 is 24.0 Å². The molecule has 1 unspecified atom stereocenters. The first-order valence-corrected chi connectivity index (χ1v) is 9.18. The standard InChI is InChI=1S/C19H32N4O2.HI/c1-4-25-18-8-6-5-7-17(18)14-22-19(20-3)21-13-16(2)15-23-9-11-24-12-10-23;/h5-8,16H,4,9-15H2,1-3H3,(H2,20,21,22);1H. The Morgan fingerprint density at radius 1 is 1.27 bits per heavy atom. The molecule has 1 aromatic rings. The number of hydrogen-bond acceptors (Lipinski definition) is 4. The number of guanidine groups is 1. The van der Waals surface area contributed by atoms with Gasteiger partial charge in [0.1, 0.15) is 5.75 Å². The summed E-state index contributed by atoms with van der Waals surface area (Å²) in [5, 5.41) is 6.79. The number of morpholine rings is 1. The lowest BCUT2D eigenvalue weighted by Crippen LogP contribution is -2.43. The molecule has 1 heterocycles. The van der Waals surface area contributed by atoms with Crippen LogP contribution in [0.1, 0.15) is 19.4 Å². The monoisotopic (exact) mass is 476 g/mol. The van der Waals surface area contributed by atoms with Crippen molar-refractivity contribution in [1.82, 2.24) is 15.5 Å². The number of nitrogens with zero attached hydrogens (tertiary/aromatic N) is 2. The van der Waals surface area contributed by atoms with Gasteiger partial charge in [-0.3, -0.25) is 9.89 Å². The van der Waals surface area contributed by atoms with Crippen molar-refractivity contribution in [1.29, 1.82) is 0 Å². The van der Waals surface area contributed by atoms with E-state index in [2.05, 4.69) is 33.5 Å². The highest BCUT2D eigenvalue weighted by molar-refractivity contribution is 14.0. The van der Waals surface area contributed by atoms with Gasteiger partial charge in [-0.15, -0.1) is 24.0 Å². The molecule has 1 aliphatic heterocycles. The Labute approximate surface area is 174 Å². The molecule has 7 heteroatoms. The van der Waals surface area contributed by atoms with Crippen LogP contribution in [-0.4, -0.2) is 63.9 Å². The van der Waals surface area contributed by atoms with Crippen LogP contribution in [0.25, 0.3) is 0 Å². The highest BCUT2D eigenvalue weighted by Gasteiger charge is 2.14. The fourth-order valence-electron chi connectivity index (χ4n) is 2.91. The minimum absolute atomic E-state index is 0. The molecule has 0 spiro atoms. The molecule has 1 saturated heterocycles. The largest absolute Gasteiger partial charge is 0.494 e. The van der Waals surface area contributed by atoms with Crippen LogP contribution in [0.3, 0.4) is 0 Å². The fraction of sp³-hybridized carbons (Fsp3) is 0.632. The van der Waals surface area contributed by atoms with Gasteiger partial charge in [0.05, 0.1) is 19.8 Å². The Morgan fingerprint density at radius 2 is 2.00 bits per heavy atom. The smallest absolute Gasteiger partial charge is 0.191 e. The molecule has 0 saturated carbocycles. The van der Waals surface area contributed by atoms with Crippen LogP contribution in [0.4, 0.5) is 0 Å². The van der Waals surface area contributed by atoms with Gasteiger partial charge in [0.25, 0.3) is 0 Å². The number of hydrogen-bond donors (Lipinski definition) is 2. The Bertz CT molecular complexity index is 536. The van der Waals surface area contributed by atoms with E-state index in [0.717, 1.165) is 56.7 Å². The van der Waals surface area contributed by atoms with Gasteiger partial charge < -0.3 is 20.1 Å². The lowest BCUT2D eigenvalue weighted by molar-refractivity contribution is 0.0320. The van der Waals surface area contributed by atoms with Crippen molar-refractivity contribution in [3.63, 3.8) is 0 Å². The highest BCUT2D eigenvalue weighted by Crippen LogP contribution is 2.17. The molecule has 148 valence electrons. The Balaban J connectivity index is 0.00000338.